The first-order chi connectivity index (χ1) is 15.1. The summed E-state index contributed by atoms with van der Waals surface area (Å²) in [5, 5.41) is 5.70. The molecule has 1 atom stereocenters. The maximum atomic E-state index is 12.9. The van der Waals surface area contributed by atoms with Gasteiger partial charge in [0.1, 0.15) is 11.6 Å². The number of fused-ring (bicyclic) bond motifs is 1. The van der Waals surface area contributed by atoms with Gasteiger partial charge in [0.15, 0.2) is 0 Å². The first-order valence-electron chi connectivity index (χ1n) is 11.0. The van der Waals surface area contributed by atoms with Gasteiger partial charge in [-0.25, -0.2) is 4.79 Å². The third-order valence-electron chi connectivity index (χ3n) is 5.52. The Morgan fingerprint density at radius 1 is 1.25 bits per heavy atom. The van der Waals surface area contributed by atoms with Crippen molar-refractivity contribution in [1.82, 2.24) is 15.1 Å². The van der Waals surface area contributed by atoms with Crippen LogP contribution in [0, 0.1) is 0 Å². The molecule has 32 heavy (non-hydrogen) atoms. The van der Waals surface area contributed by atoms with Crippen LogP contribution in [0.15, 0.2) is 18.2 Å². The Morgan fingerprint density at radius 3 is 2.69 bits per heavy atom. The normalized spacial score (nSPS) is 18.3. The van der Waals surface area contributed by atoms with Crippen LogP contribution in [0.25, 0.3) is 0 Å². The number of unbranched alkanes of at least 4 members (excludes halogenated alkanes) is 1. The smallest absolute Gasteiger partial charge is 0.410 e. The van der Waals surface area contributed by atoms with Crippen molar-refractivity contribution < 1.29 is 23.9 Å². The van der Waals surface area contributed by atoms with Crippen LogP contribution in [0.1, 0.15) is 62.4 Å². The van der Waals surface area contributed by atoms with E-state index in [1.54, 1.807) is 22.9 Å². The average Bonchev–Trinajstić information content (AvgIpc) is 3.03. The Bertz CT molecular complexity index is 908. The van der Waals surface area contributed by atoms with Crippen molar-refractivity contribution in [2.24, 2.45) is 0 Å². The minimum Gasteiger partial charge on any atom is -0.444 e. The molecule has 9 nitrogen and oxygen atoms in total. The van der Waals surface area contributed by atoms with Crippen LogP contribution in [0.5, 0.6) is 0 Å². The van der Waals surface area contributed by atoms with E-state index >= 15 is 0 Å². The molecule has 1 aromatic rings. The van der Waals surface area contributed by atoms with E-state index in [1.165, 1.54) is 0 Å². The lowest BCUT2D eigenvalue weighted by molar-refractivity contribution is -0.136. The molecule has 1 fully saturated rings. The number of nitrogens with one attached hydrogen (secondary N) is 2. The predicted molar refractivity (Wildman–Crippen MR) is 119 cm³/mol. The molecule has 1 saturated heterocycles. The summed E-state index contributed by atoms with van der Waals surface area (Å²) in [4.78, 5) is 51.6. The highest BCUT2D eigenvalue weighted by atomic mass is 16.6. The van der Waals surface area contributed by atoms with Crippen molar-refractivity contribution in [3.8, 4) is 0 Å². The molecule has 0 saturated carbocycles. The van der Waals surface area contributed by atoms with E-state index in [0.29, 0.717) is 31.6 Å². The molecule has 0 aliphatic carbocycles. The molecular formula is C23H32N4O5. The topological polar surface area (TPSA) is 108 Å². The van der Waals surface area contributed by atoms with Crippen molar-refractivity contribution in [2.75, 3.05) is 25.5 Å². The molecule has 2 aliphatic heterocycles. The minimum atomic E-state index is -0.621. The molecular weight excluding hydrogens is 412 g/mol. The van der Waals surface area contributed by atoms with Crippen LogP contribution in [-0.4, -0.2) is 65.4 Å². The SMILES string of the molecule is CN(CCCCNc1cccc2c1CN(C1CCC(=O)NC1=O)C2=O)C(=O)OC(C)(C)C. The summed E-state index contributed by atoms with van der Waals surface area (Å²) >= 11 is 0. The molecule has 4 amide bonds. The largest absolute Gasteiger partial charge is 0.444 e. The molecule has 1 unspecified atom stereocenters. The number of carbonyl (C=O) groups is 4. The predicted octanol–water partition coefficient (Wildman–Crippen LogP) is 2.51. The standard InChI is InChI=1S/C23H32N4O5/c1-23(2,3)32-22(31)26(4)13-6-5-12-24-17-9-7-8-15-16(17)14-27(21(15)30)18-10-11-19(28)25-20(18)29/h7-9,18,24H,5-6,10-14H2,1-4H3,(H,25,28,29). The third kappa shape index (κ3) is 5.57. The zero-order chi connectivity index (χ0) is 23.5. The van der Waals surface area contributed by atoms with Gasteiger partial charge >= 0.3 is 6.09 Å². The van der Waals surface area contributed by atoms with E-state index < -0.39 is 17.6 Å². The van der Waals surface area contributed by atoms with Crippen molar-refractivity contribution in [2.45, 2.75) is 64.6 Å². The van der Waals surface area contributed by atoms with Gasteiger partial charge in [0.05, 0.1) is 0 Å². The molecule has 9 heteroatoms. The summed E-state index contributed by atoms with van der Waals surface area (Å²) in [6.45, 7) is 7.13. The molecule has 1 aromatic carbocycles. The summed E-state index contributed by atoms with van der Waals surface area (Å²) in [5.74, 6) is -0.891. The Balaban J connectivity index is 1.51. The van der Waals surface area contributed by atoms with E-state index in [1.807, 2.05) is 32.9 Å². The Labute approximate surface area is 188 Å². The van der Waals surface area contributed by atoms with Gasteiger partial charge in [0, 0.05) is 49.9 Å². The fourth-order valence-corrected chi connectivity index (χ4v) is 3.88. The quantitative estimate of drug-likeness (QED) is 0.494. The molecule has 0 spiro atoms. The number of benzene rings is 1. The van der Waals surface area contributed by atoms with Crippen LogP contribution < -0.4 is 10.6 Å². The van der Waals surface area contributed by atoms with E-state index in [2.05, 4.69) is 10.6 Å². The summed E-state index contributed by atoms with van der Waals surface area (Å²) in [7, 11) is 1.72. The average molecular weight is 445 g/mol. The fraction of sp³-hybridized carbons (Fsp3) is 0.565. The molecule has 0 aromatic heterocycles. The Kier molecular flexibility index (Phi) is 7.06. The van der Waals surface area contributed by atoms with E-state index in [-0.39, 0.29) is 24.3 Å². The number of nitrogens with zero attached hydrogens (tertiary/aromatic N) is 2. The molecule has 2 aliphatic rings. The Hall–Kier alpha value is -3.10. The number of hydrogen-bond acceptors (Lipinski definition) is 6. The van der Waals surface area contributed by atoms with E-state index in [9.17, 15) is 19.2 Å². The third-order valence-corrected chi connectivity index (χ3v) is 5.52. The van der Waals surface area contributed by atoms with Crippen molar-refractivity contribution in [3.05, 3.63) is 29.3 Å². The number of hydrogen-bond donors (Lipinski definition) is 2. The van der Waals surface area contributed by atoms with Crippen LogP contribution in [-0.2, 0) is 20.9 Å². The van der Waals surface area contributed by atoms with Crippen molar-refractivity contribution in [3.63, 3.8) is 0 Å². The maximum Gasteiger partial charge on any atom is 0.410 e. The number of imide groups is 1. The van der Waals surface area contributed by atoms with Gasteiger partial charge in [-0.1, -0.05) is 6.07 Å². The zero-order valence-corrected chi connectivity index (χ0v) is 19.2. The molecule has 2 N–H and O–H groups in total. The molecule has 174 valence electrons. The van der Waals surface area contributed by atoms with Crippen LogP contribution >= 0.6 is 0 Å². The second kappa shape index (κ2) is 9.58. The lowest BCUT2D eigenvalue weighted by atomic mass is 10.0. The fourth-order valence-electron chi connectivity index (χ4n) is 3.88. The number of piperidine rings is 1. The monoisotopic (exact) mass is 444 g/mol. The van der Waals surface area contributed by atoms with Crippen LogP contribution in [0.2, 0.25) is 0 Å². The minimum absolute atomic E-state index is 0.183. The molecule has 3 rings (SSSR count). The van der Waals surface area contributed by atoms with Crippen molar-refractivity contribution in [1.29, 1.82) is 0 Å². The lowest BCUT2D eigenvalue weighted by Gasteiger charge is -2.29. The number of carbonyl (C=O) groups excluding carboxylic acids is 4. The molecule has 2 heterocycles. The highest BCUT2D eigenvalue weighted by molar-refractivity contribution is 6.06. The first-order valence-corrected chi connectivity index (χ1v) is 11.0. The van der Waals surface area contributed by atoms with Gasteiger partial charge in [-0.05, 0) is 52.2 Å². The van der Waals surface area contributed by atoms with Gasteiger partial charge in [0.25, 0.3) is 5.91 Å². The molecule has 0 radical (unpaired) electrons. The summed E-state index contributed by atoms with van der Waals surface area (Å²) in [6, 6.07) is 4.89. The first kappa shape index (κ1) is 23.6. The summed E-state index contributed by atoms with van der Waals surface area (Å²) in [5.41, 5.74) is 1.81. The van der Waals surface area contributed by atoms with Gasteiger partial charge in [-0.15, -0.1) is 0 Å². The van der Waals surface area contributed by atoms with Crippen LogP contribution in [0.3, 0.4) is 0 Å². The number of amides is 4. The summed E-state index contributed by atoms with van der Waals surface area (Å²) in [6.07, 6.45) is 1.89. The Morgan fingerprint density at radius 2 is 2.00 bits per heavy atom. The van der Waals surface area contributed by atoms with Gasteiger partial charge < -0.3 is 19.9 Å². The van der Waals surface area contributed by atoms with Crippen molar-refractivity contribution >= 4 is 29.5 Å². The molecule has 0 bridgehead atoms. The van der Waals surface area contributed by atoms with E-state index in [4.69, 9.17) is 4.74 Å². The number of rotatable bonds is 7. The zero-order valence-electron chi connectivity index (χ0n) is 19.2. The lowest BCUT2D eigenvalue weighted by Crippen LogP contribution is -2.52. The maximum absolute atomic E-state index is 12.9. The number of anilines is 1. The van der Waals surface area contributed by atoms with Gasteiger partial charge in [-0.2, -0.15) is 0 Å². The van der Waals surface area contributed by atoms with E-state index in [0.717, 1.165) is 24.1 Å². The van der Waals surface area contributed by atoms with Gasteiger partial charge in [-0.3, -0.25) is 19.7 Å². The number of ether oxygens (including phenoxy) is 1. The summed E-state index contributed by atoms with van der Waals surface area (Å²) < 4.78 is 5.35. The highest BCUT2D eigenvalue weighted by Gasteiger charge is 2.39. The van der Waals surface area contributed by atoms with Crippen LogP contribution in [0.4, 0.5) is 10.5 Å². The second-order valence-corrected chi connectivity index (χ2v) is 9.27. The van der Waals surface area contributed by atoms with Gasteiger partial charge in [0.2, 0.25) is 11.8 Å². The highest BCUT2D eigenvalue weighted by Crippen LogP contribution is 2.32. The second-order valence-electron chi connectivity index (χ2n) is 9.27.